The molecule has 0 aliphatic heterocycles. The maximum Gasteiger partial charge on any atom is 0.137 e. The van der Waals surface area contributed by atoms with Gasteiger partial charge < -0.3 is 14.6 Å². The Kier molecular flexibility index (Phi) is 4.71. The number of aromatic nitrogens is 1. The van der Waals surface area contributed by atoms with Crippen LogP contribution in [0.3, 0.4) is 0 Å². The molecule has 0 spiro atoms. The number of nitrogens with zero attached hydrogens (tertiary/aromatic N) is 1. The average Bonchev–Trinajstić information content (AvgIpc) is 2.29. The first-order chi connectivity index (χ1) is 7.60. The van der Waals surface area contributed by atoms with E-state index in [1.807, 2.05) is 13.8 Å². The van der Waals surface area contributed by atoms with Crippen LogP contribution in [0.2, 0.25) is 0 Å². The summed E-state index contributed by atoms with van der Waals surface area (Å²) in [4.78, 5) is 4.01. The van der Waals surface area contributed by atoms with Gasteiger partial charge in [-0.25, -0.2) is 0 Å². The normalized spacial score (nSPS) is 14.9. The van der Waals surface area contributed by atoms with E-state index >= 15 is 0 Å². The Morgan fingerprint density at radius 3 is 2.44 bits per heavy atom. The number of methoxy groups -OCH3 is 2. The van der Waals surface area contributed by atoms with E-state index in [0.29, 0.717) is 11.3 Å². The molecular formula is C12H19NO3. The van der Waals surface area contributed by atoms with Crippen molar-refractivity contribution in [3.05, 3.63) is 24.0 Å². The van der Waals surface area contributed by atoms with E-state index in [0.717, 1.165) is 0 Å². The van der Waals surface area contributed by atoms with Gasteiger partial charge in [0, 0.05) is 18.9 Å². The van der Waals surface area contributed by atoms with Crippen molar-refractivity contribution in [1.82, 2.24) is 4.98 Å². The van der Waals surface area contributed by atoms with Gasteiger partial charge in [-0.05, 0) is 12.0 Å². The Bertz CT molecular complexity index is 328. The zero-order chi connectivity index (χ0) is 12.1. The summed E-state index contributed by atoms with van der Waals surface area (Å²) in [6, 6.07) is 1.77. The van der Waals surface area contributed by atoms with Crippen molar-refractivity contribution in [1.29, 1.82) is 0 Å². The van der Waals surface area contributed by atoms with Crippen molar-refractivity contribution in [3.63, 3.8) is 0 Å². The molecular weight excluding hydrogens is 206 g/mol. The van der Waals surface area contributed by atoms with E-state index < -0.39 is 6.10 Å². The molecule has 4 heteroatoms. The van der Waals surface area contributed by atoms with Gasteiger partial charge in [-0.1, -0.05) is 13.8 Å². The SMILES string of the molecule is COc1cncc(C(O)C(OC)C(C)C)c1. The Morgan fingerprint density at radius 2 is 1.94 bits per heavy atom. The van der Waals surface area contributed by atoms with Crippen LogP contribution in [0.4, 0.5) is 0 Å². The first kappa shape index (κ1) is 12.9. The maximum absolute atomic E-state index is 10.2. The van der Waals surface area contributed by atoms with Crippen LogP contribution < -0.4 is 4.74 Å². The van der Waals surface area contributed by atoms with Crippen molar-refractivity contribution >= 4 is 0 Å². The number of hydrogen-bond donors (Lipinski definition) is 1. The number of ether oxygens (including phenoxy) is 2. The van der Waals surface area contributed by atoms with Gasteiger partial charge in [-0.2, -0.15) is 0 Å². The Labute approximate surface area is 96.2 Å². The molecule has 90 valence electrons. The van der Waals surface area contributed by atoms with Gasteiger partial charge in [0.25, 0.3) is 0 Å². The molecule has 2 atom stereocenters. The van der Waals surface area contributed by atoms with Gasteiger partial charge in [0.15, 0.2) is 0 Å². The Balaban J connectivity index is 2.89. The van der Waals surface area contributed by atoms with Gasteiger partial charge in [0.2, 0.25) is 0 Å². The quantitative estimate of drug-likeness (QED) is 0.830. The van der Waals surface area contributed by atoms with E-state index in [2.05, 4.69) is 4.98 Å². The van der Waals surface area contributed by atoms with Crippen molar-refractivity contribution < 1.29 is 14.6 Å². The second-order valence-corrected chi connectivity index (χ2v) is 4.05. The van der Waals surface area contributed by atoms with Crippen LogP contribution in [0.5, 0.6) is 5.75 Å². The molecule has 0 saturated heterocycles. The predicted molar refractivity (Wildman–Crippen MR) is 61.4 cm³/mol. The van der Waals surface area contributed by atoms with Crippen LogP contribution in [-0.4, -0.2) is 30.4 Å². The lowest BCUT2D eigenvalue weighted by molar-refractivity contribution is -0.0392. The lowest BCUT2D eigenvalue weighted by atomic mass is 9.97. The summed E-state index contributed by atoms with van der Waals surface area (Å²) in [5.41, 5.74) is 0.708. The molecule has 2 unspecified atom stereocenters. The molecule has 0 aliphatic carbocycles. The van der Waals surface area contributed by atoms with E-state index in [9.17, 15) is 5.11 Å². The van der Waals surface area contributed by atoms with Crippen molar-refractivity contribution in [3.8, 4) is 5.75 Å². The number of aliphatic hydroxyl groups is 1. The molecule has 1 rings (SSSR count). The molecule has 4 nitrogen and oxygen atoms in total. The van der Waals surface area contributed by atoms with Gasteiger partial charge in [-0.15, -0.1) is 0 Å². The van der Waals surface area contributed by atoms with Crippen LogP contribution in [0.15, 0.2) is 18.5 Å². The molecule has 0 aromatic carbocycles. The largest absolute Gasteiger partial charge is 0.495 e. The number of aliphatic hydroxyl groups excluding tert-OH is 1. The topological polar surface area (TPSA) is 51.6 Å². The minimum atomic E-state index is -0.687. The smallest absolute Gasteiger partial charge is 0.137 e. The molecule has 0 saturated carbocycles. The highest BCUT2D eigenvalue weighted by molar-refractivity contribution is 5.25. The summed E-state index contributed by atoms with van der Waals surface area (Å²) in [7, 11) is 3.17. The second-order valence-electron chi connectivity index (χ2n) is 4.05. The first-order valence-electron chi connectivity index (χ1n) is 5.30. The highest BCUT2D eigenvalue weighted by Crippen LogP contribution is 2.25. The highest BCUT2D eigenvalue weighted by Gasteiger charge is 2.24. The van der Waals surface area contributed by atoms with Gasteiger partial charge in [-0.3, -0.25) is 4.98 Å². The molecule has 16 heavy (non-hydrogen) atoms. The molecule has 0 fully saturated rings. The molecule has 0 aliphatic rings. The summed E-state index contributed by atoms with van der Waals surface area (Å²) >= 11 is 0. The van der Waals surface area contributed by atoms with Crippen LogP contribution in [0.25, 0.3) is 0 Å². The fourth-order valence-electron chi connectivity index (χ4n) is 1.66. The number of rotatable bonds is 5. The van der Waals surface area contributed by atoms with Crippen LogP contribution >= 0.6 is 0 Å². The number of hydrogen-bond acceptors (Lipinski definition) is 4. The third-order valence-electron chi connectivity index (χ3n) is 2.55. The summed E-state index contributed by atoms with van der Waals surface area (Å²) in [6.45, 7) is 4.01. The predicted octanol–water partition coefficient (Wildman–Crippen LogP) is 1.79. The average molecular weight is 225 g/mol. The van der Waals surface area contributed by atoms with Crippen LogP contribution in [0, 0.1) is 5.92 Å². The standard InChI is InChI=1S/C12H19NO3/c1-8(2)12(16-4)11(14)9-5-10(15-3)7-13-6-9/h5-8,11-12,14H,1-4H3. The maximum atomic E-state index is 10.2. The first-order valence-corrected chi connectivity index (χ1v) is 5.30. The Morgan fingerprint density at radius 1 is 1.25 bits per heavy atom. The number of pyridine rings is 1. The fourth-order valence-corrected chi connectivity index (χ4v) is 1.66. The summed E-state index contributed by atoms with van der Waals surface area (Å²) in [5, 5.41) is 10.2. The van der Waals surface area contributed by atoms with Gasteiger partial charge >= 0.3 is 0 Å². The molecule has 1 aromatic heterocycles. The summed E-state index contributed by atoms with van der Waals surface area (Å²) in [6.07, 6.45) is 2.30. The summed E-state index contributed by atoms with van der Waals surface area (Å²) in [5.74, 6) is 0.862. The Hall–Kier alpha value is -1.13. The molecule has 1 N–H and O–H groups in total. The fraction of sp³-hybridized carbons (Fsp3) is 0.583. The van der Waals surface area contributed by atoms with Gasteiger partial charge in [0.05, 0.1) is 19.4 Å². The minimum absolute atomic E-state index is 0.228. The van der Waals surface area contributed by atoms with E-state index in [4.69, 9.17) is 9.47 Å². The zero-order valence-corrected chi connectivity index (χ0v) is 10.2. The third-order valence-corrected chi connectivity index (χ3v) is 2.55. The molecule has 0 bridgehead atoms. The lowest BCUT2D eigenvalue weighted by Gasteiger charge is -2.25. The van der Waals surface area contributed by atoms with Crippen molar-refractivity contribution in [2.75, 3.05) is 14.2 Å². The third kappa shape index (κ3) is 2.93. The molecule has 1 heterocycles. The van der Waals surface area contributed by atoms with E-state index in [1.165, 1.54) is 0 Å². The zero-order valence-electron chi connectivity index (χ0n) is 10.2. The van der Waals surface area contributed by atoms with Crippen molar-refractivity contribution in [2.24, 2.45) is 5.92 Å². The molecule has 1 aromatic rings. The molecule has 0 radical (unpaired) electrons. The second kappa shape index (κ2) is 5.82. The van der Waals surface area contributed by atoms with Crippen LogP contribution in [0.1, 0.15) is 25.5 Å². The van der Waals surface area contributed by atoms with Crippen LogP contribution in [-0.2, 0) is 4.74 Å². The highest BCUT2D eigenvalue weighted by atomic mass is 16.5. The monoisotopic (exact) mass is 225 g/mol. The van der Waals surface area contributed by atoms with E-state index in [1.54, 1.807) is 32.7 Å². The van der Waals surface area contributed by atoms with E-state index in [-0.39, 0.29) is 12.0 Å². The molecule has 0 amide bonds. The van der Waals surface area contributed by atoms with Crippen molar-refractivity contribution in [2.45, 2.75) is 26.1 Å². The summed E-state index contributed by atoms with van der Waals surface area (Å²) < 4.78 is 10.3. The lowest BCUT2D eigenvalue weighted by Crippen LogP contribution is -2.26. The minimum Gasteiger partial charge on any atom is -0.495 e. The van der Waals surface area contributed by atoms with Gasteiger partial charge in [0.1, 0.15) is 11.9 Å².